The molecule has 0 radical (unpaired) electrons. The number of anilines is 1. The summed E-state index contributed by atoms with van der Waals surface area (Å²) in [6, 6.07) is 19.1. The fourth-order valence-corrected chi connectivity index (χ4v) is 7.22. The number of nitrogens with one attached hydrogen (secondary N) is 1. The second kappa shape index (κ2) is 8.66. The minimum Gasteiger partial charge on any atom is -0.466 e. The molecule has 0 aromatic heterocycles. The van der Waals surface area contributed by atoms with Crippen molar-refractivity contribution in [3.63, 3.8) is 0 Å². The van der Waals surface area contributed by atoms with Crippen LogP contribution in [0.15, 0.2) is 65.9 Å². The van der Waals surface area contributed by atoms with E-state index in [-0.39, 0.29) is 30.0 Å². The van der Waals surface area contributed by atoms with Crippen LogP contribution in [-0.4, -0.2) is 48.9 Å². The lowest BCUT2D eigenvalue weighted by Gasteiger charge is -2.55. The highest BCUT2D eigenvalue weighted by molar-refractivity contribution is 5.92. The number of benzene rings is 2. The number of fused-ring (bicyclic) bond motifs is 1. The molecule has 2 fully saturated rings. The van der Waals surface area contributed by atoms with Crippen molar-refractivity contribution in [2.75, 3.05) is 25.6 Å². The minimum atomic E-state index is -0.733. The maximum atomic E-state index is 13.2. The molecule has 2 aromatic carbocycles. The third-order valence-electron chi connectivity index (χ3n) is 8.42. The lowest BCUT2D eigenvalue weighted by Crippen LogP contribution is -2.61. The Morgan fingerprint density at radius 1 is 1.17 bits per heavy atom. The molecule has 0 bridgehead atoms. The van der Waals surface area contributed by atoms with E-state index in [0.717, 1.165) is 37.3 Å². The molecule has 0 saturated carbocycles. The smallest absolute Gasteiger partial charge is 0.466 e. The molecule has 1 spiro atoms. The Morgan fingerprint density at radius 2 is 1.94 bits per heavy atom. The summed E-state index contributed by atoms with van der Waals surface area (Å²) < 4.78 is 16.2. The van der Waals surface area contributed by atoms with Gasteiger partial charge in [-0.25, -0.2) is 9.59 Å². The first kappa shape index (κ1) is 23.1. The van der Waals surface area contributed by atoms with E-state index in [0.29, 0.717) is 18.4 Å². The van der Waals surface area contributed by atoms with Gasteiger partial charge >= 0.3 is 12.1 Å². The van der Waals surface area contributed by atoms with Crippen molar-refractivity contribution in [1.29, 1.82) is 0 Å². The third-order valence-corrected chi connectivity index (χ3v) is 8.42. The van der Waals surface area contributed by atoms with Crippen molar-refractivity contribution in [2.45, 2.75) is 56.2 Å². The molecule has 6 rings (SSSR count). The van der Waals surface area contributed by atoms with Gasteiger partial charge in [-0.15, -0.1) is 0 Å². The van der Waals surface area contributed by atoms with Crippen LogP contribution in [0.5, 0.6) is 0 Å². The fourth-order valence-electron chi connectivity index (χ4n) is 7.22. The molecule has 4 aliphatic rings. The molecule has 2 saturated heterocycles. The van der Waals surface area contributed by atoms with Crippen LogP contribution < -0.4 is 5.32 Å². The SMILES string of the molecule is COC(=O)C1=C2Nc3ccccc3[C@]23CCCN(Cc2ccccc2)[C@@H]3[C@@H](C[C@@]2(C)COC(=O)O2)C1. The van der Waals surface area contributed by atoms with Crippen LogP contribution in [0.4, 0.5) is 10.5 Å². The number of ether oxygens (including phenoxy) is 3. The van der Waals surface area contributed by atoms with Gasteiger partial charge < -0.3 is 19.5 Å². The summed E-state index contributed by atoms with van der Waals surface area (Å²) in [6.07, 6.45) is 2.48. The first-order chi connectivity index (χ1) is 17.4. The summed E-state index contributed by atoms with van der Waals surface area (Å²) in [5.41, 5.74) is 4.14. The number of nitrogens with zero attached hydrogens (tertiary/aromatic N) is 1. The average molecular weight is 489 g/mol. The molecular formula is C29H32N2O5. The van der Waals surface area contributed by atoms with E-state index in [9.17, 15) is 9.59 Å². The van der Waals surface area contributed by atoms with Gasteiger partial charge in [0.05, 0.1) is 18.1 Å². The van der Waals surface area contributed by atoms with Crippen LogP contribution >= 0.6 is 0 Å². The molecule has 7 nitrogen and oxygen atoms in total. The van der Waals surface area contributed by atoms with Gasteiger partial charge in [0.1, 0.15) is 12.2 Å². The van der Waals surface area contributed by atoms with Crippen LogP contribution in [0.25, 0.3) is 0 Å². The highest BCUT2D eigenvalue weighted by Crippen LogP contribution is 2.59. The van der Waals surface area contributed by atoms with Crippen LogP contribution in [0.1, 0.15) is 43.7 Å². The predicted molar refractivity (Wildman–Crippen MR) is 134 cm³/mol. The highest BCUT2D eigenvalue weighted by Gasteiger charge is 2.60. The van der Waals surface area contributed by atoms with E-state index in [1.54, 1.807) is 0 Å². The molecule has 188 valence electrons. The molecular weight excluding hydrogens is 456 g/mol. The van der Waals surface area contributed by atoms with E-state index in [1.165, 1.54) is 18.2 Å². The van der Waals surface area contributed by atoms with Crippen LogP contribution in [0, 0.1) is 5.92 Å². The molecule has 0 amide bonds. The molecule has 1 N–H and O–H groups in total. The first-order valence-corrected chi connectivity index (χ1v) is 12.8. The van der Waals surface area contributed by atoms with Gasteiger partial charge in [-0.1, -0.05) is 48.5 Å². The Balaban J connectivity index is 1.50. The Bertz CT molecular complexity index is 1230. The van der Waals surface area contributed by atoms with Crippen molar-refractivity contribution < 1.29 is 23.8 Å². The summed E-state index contributed by atoms with van der Waals surface area (Å²) in [4.78, 5) is 27.7. The van der Waals surface area contributed by atoms with Crippen LogP contribution in [0.2, 0.25) is 0 Å². The van der Waals surface area contributed by atoms with Crippen molar-refractivity contribution in [1.82, 2.24) is 4.90 Å². The summed E-state index contributed by atoms with van der Waals surface area (Å²) in [6.45, 7) is 3.94. The fraction of sp³-hybridized carbons (Fsp3) is 0.448. The van der Waals surface area contributed by atoms with E-state index >= 15 is 0 Å². The lowest BCUT2D eigenvalue weighted by molar-refractivity contribution is -0.137. The molecule has 2 aromatic rings. The molecule has 3 heterocycles. The van der Waals surface area contributed by atoms with Gasteiger partial charge in [-0.05, 0) is 62.3 Å². The van der Waals surface area contributed by atoms with E-state index < -0.39 is 11.8 Å². The maximum Gasteiger partial charge on any atom is 0.509 e. The summed E-state index contributed by atoms with van der Waals surface area (Å²) >= 11 is 0. The third kappa shape index (κ3) is 3.60. The van der Waals surface area contributed by atoms with Gasteiger partial charge in [0.2, 0.25) is 0 Å². The van der Waals surface area contributed by atoms with Crippen molar-refractivity contribution >= 4 is 17.8 Å². The van der Waals surface area contributed by atoms with Gasteiger partial charge in [0, 0.05) is 24.0 Å². The molecule has 3 aliphatic heterocycles. The number of esters is 1. The number of rotatable bonds is 5. The zero-order valence-electron chi connectivity index (χ0n) is 20.8. The van der Waals surface area contributed by atoms with Gasteiger partial charge in [0.25, 0.3) is 0 Å². The number of para-hydroxylation sites is 1. The quantitative estimate of drug-likeness (QED) is 0.607. The first-order valence-electron chi connectivity index (χ1n) is 12.8. The summed E-state index contributed by atoms with van der Waals surface area (Å²) in [5.74, 6) is -0.238. The predicted octanol–water partition coefficient (Wildman–Crippen LogP) is 4.78. The number of carbonyl (C=O) groups is 2. The second-order valence-electron chi connectivity index (χ2n) is 10.8. The van der Waals surface area contributed by atoms with E-state index in [1.807, 2.05) is 19.1 Å². The minimum absolute atomic E-state index is 0.0549. The molecule has 4 atom stereocenters. The Kier molecular flexibility index (Phi) is 5.56. The number of piperidine rings is 1. The van der Waals surface area contributed by atoms with E-state index in [4.69, 9.17) is 14.2 Å². The number of methoxy groups -OCH3 is 1. The standard InChI is InChI=1S/C29H32N2O5/c1-28(18-35-27(33)36-28)16-20-15-21(26(32)34-2)24-29(22-11-6-7-12-23(22)30-24)13-8-14-31(25(20)29)17-19-9-4-3-5-10-19/h3-7,9-12,20,25,30H,8,13-18H2,1-2H3/t20-,25-,28+,29-/m1/s1. The second-order valence-corrected chi connectivity index (χ2v) is 10.8. The Hall–Kier alpha value is -3.32. The summed E-state index contributed by atoms with van der Waals surface area (Å²) in [7, 11) is 1.45. The average Bonchev–Trinajstić information content (AvgIpc) is 3.40. The number of cyclic esters (lactones) is 2. The molecule has 36 heavy (non-hydrogen) atoms. The molecule has 0 unspecified atom stereocenters. The van der Waals surface area contributed by atoms with Crippen molar-refractivity contribution in [3.8, 4) is 0 Å². The largest absolute Gasteiger partial charge is 0.509 e. The van der Waals surface area contributed by atoms with Crippen LogP contribution in [-0.2, 0) is 31.0 Å². The number of likely N-dealkylation sites (tertiary alicyclic amines) is 1. The van der Waals surface area contributed by atoms with E-state index in [2.05, 4.69) is 52.7 Å². The van der Waals surface area contributed by atoms with Crippen molar-refractivity contribution in [3.05, 3.63) is 77.0 Å². The number of carbonyl (C=O) groups excluding carboxylic acids is 2. The Morgan fingerprint density at radius 3 is 2.69 bits per heavy atom. The van der Waals surface area contributed by atoms with Crippen LogP contribution in [0.3, 0.4) is 0 Å². The zero-order valence-corrected chi connectivity index (χ0v) is 20.8. The maximum absolute atomic E-state index is 13.2. The zero-order chi connectivity index (χ0) is 24.9. The number of hydrogen-bond donors (Lipinski definition) is 1. The monoisotopic (exact) mass is 488 g/mol. The van der Waals surface area contributed by atoms with Crippen molar-refractivity contribution in [2.24, 2.45) is 5.92 Å². The Labute approximate surface area is 211 Å². The lowest BCUT2D eigenvalue weighted by atomic mass is 9.57. The number of hydrogen-bond acceptors (Lipinski definition) is 7. The molecule has 7 heteroatoms. The highest BCUT2D eigenvalue weighted by atomic mass is 16.8. The van der Waals surface area contributed by atoms with Gasteiger partial charge in [0.15, 0.2) is 0 Å². The topological polar surface area (TPSA) is 77.1 Å². The summed E-state index contributed by atoms with van der Waals surface area (Å²) in [5, 5.41) is 3.65. The normalized spacial score (nSPS) is 31.0. The van der Waals surface area contributed by atoms with Gasteiger partial charge in [-0.3, -0.25) is 4.90 Å². The van der Waals surface area contributed by atoms with Gasteiger partial charge in [-0.2, -0.15) is 0 Å². The molecule has 1 aliphatic carbocycles.